The number of nitrogens with zero attached hydrogens (tertiary/aromatic N) is 2. The molecule has 0 saturated heterocycles. The second kappa shape index (κ2) is 4.87. The Morgan fingerprint density at radius 1 is 1.53 bits per heavy atom. The number of carbonyl (C=O) groups excluding carboxylic acids is 1. The van der Waals surface area contributed by atoms with E-state index in [2.05, 4.69) is 28.0 Å². The third-order valence-electron chi connectivity index (χ3n) is 2.57. The van der Waals surface area contributed by atoms with E-state index in [1.165, 1.54) is 7.11 Å². The molecule has 0 bridgehead atoms. The van der Waals surface area contributed by atoms with Crippen LogP contribution in [0.1, 0.15) is 23.7 Å². The van der Waals surface area contributed by atoms with Crippen molar-refractivity contribution < 1.29 is 9.53 Å². The highest BCUT2D eigenvalue weighted by molar-refractivity contribution is 9.10. The Morgan fingerprint density at radius 3 is 2.94 bits per heavy atom. The molecule has 0 aliphatic rings. The highest BCUT2D eigenvalue weighted by atomic mass is 79.9. The van der Waals surface area contributed by atoms with Crippen LogP contribution < -0.4 is 0 Å². The first-order valence-electron chi connectivity index (χ1n) is 5.40. The van der Waals surface area contributed by atoms with Gasteiger partial charge >= 0.3 is 5.97 Å². The second-order valence-corrected chi connectivity index (χ2v) is 4.66. The highest BCUT2D eigenvalue weighted by Gasteiger charge is 2.14. The van der Waals surface area contributed by atoms with Crippen molar-refractivity contribution in [3.63, 3.8) is 0 Å². The number of hydrogen-bond acceptors (Lipinski definition) is 3. The van der Waals surface area contributed by atoms with Crippen molar-refractivity contribution in [1.82, 2.24) is 9.78 Å². The van der Waals surface area contributed by atoms with E-state index in [0.717, 1.165) is 28.3 Å². The van der Waals surface area contributed by atoms with Crippen molar-refractivity contribution in [1.29, 1.82) is 0 Å². The number of ether oxygens (including phenoxy) is 1. The fourth-order valence-electron chi connectivity index (χ4n) is 1.81. The van der Waals surface area contributed by atoms with Crippen molar-refractivity contribution in [3.05, 3.63) is 28.4 Å². The maximum atomic E-state index is 11.7. The zero-order chi connectivity index (χ0) is 12.4. The van der Waals surface area contributed by atoms with Gasteiger partial charge in [0.1, 0.15) is 0 Å². The summed E-state index contributed by atoms with van der Waals surface area (Å²) in [4.78, 5) is 11.7. The predicted octanol–water partition coefficient (Wildman–Crippen LogP) is 3.00. The van der Waals surface area contributed by atoms with Gasteiger partial charge in [-0.1, -0.05) is 22.9 Å². The number of carbonyl (C=O) groups is 1. The Balaban J connectivity index is 2.65. The summed E-state index contributed by atoms with van der Waals surface area (Å²) >= 11 is 3.40. The first-order chi connectivity index (χ1) is 8.17. The number of rotatable bonds is 3. The molecule has 2 rings (SSSR count). The summed E-state index contributed by atoms with van der Waals surface area (Å²) in [6.07, 6.45) is 2.71. The van der Waals surface area contributed by atoms with Crippen LogP contribution in [0.3, 0.4) is 0 Å². The molecule has 0 fully saturated rings. The zero-order valence-corrected chi connectivity index (χ0v) is 11.3. The van der Waals surface area contributed by atoms with Gasteiger partial charge in [-0.15, -0.1) is 0 Å². The summed E-state index contributed by atoms with van der Waals surface area (Å²) in [5, 5.41) is 5.12. The van der Waals surface area contributed by atoms with Crippen LogP contribution in [0.2, 0.25) is 0 Å². The molecule has 0 N–H and O–H groups in total. The van der Waals surface area contributed by atoms with Gasteiger partial charge in [0, 0.05) is 16.4 Å². The van der Waals surface area contributed by atoms with Crippen LogP contribution in [0.4, 0.5) is 0 Å². The Bertz CT molecular complexity index is 563. The Labute approximate surface area is 108 Å². The van der Waals surface area contributed by atoms with Gasteiger partial charge < -0.3 is 4.74 Å². The molecule has 5 heteroatoms. The Morgan fingerprint density at radius 2 is 2.29 bits per heavy atom. The minimum atomic E-state index is -0.340. The number of aromatic nitrogens is 2. The van der Waals surface area contributed by atoms with Crippen LogP contribution in [0, 0.1) is 0 Å². The van der Waals surface area contributed by atoms with E-state index in [1.54, 1.807) is 12.3 Å². The van der Waals surface area contributed by atoms with Crippen molar-refractivity contribution in [3.8, 4) is 0 Å². The molecule has 1 aromatic heterocycles. The van der Waals surface area contributed by atoms with Crippen LogP contribution in [0.5, 0.6) is 0 Å². The maximum absolute atomic E-state index is 11.7. The van der Waals surface area contributed by atoms with Crippen LogP contribution in [-0.4, -0.2) is 22.9 Å². The van der Waals surface area contributed by atoms with E-state index in [1.807, 2.05) is 10.7 Å². The van der Waals surface area contributed by atoms with Gasteiger partial charge in [0.15, 0.2) is 0 Å². The van der Waals surface area contributed by atoms with E-state index in [4.69, 9.17) is 4.74 Å². The van der Waals surface area contributed by atoms with Crippen LogP contribution in [0.15, 0.2) is 22.8 Å². The molecule has 0 unspecified atom stereocenters. The summed E-state index contributed by atoms with van der Waals surface area (Å²) in [6.45, 7) is 2.92. The van der Waals surface area contributed by atoms with Crippen molar-refractivity contribution >= 4 is 32.8 Å². The average Bonchev–Trinajstić information content (AvgIpc) is 2.71. The van der Waals surface area contributed by atoms with E-state index >= 15 is 0 Å². The van der Waals surface area contributed by atoms with Crippen molar-refractivity contribution in [2.24, 2.45) is 0 Å². The van der Waals surface area contributed by atoms with E-state index in [0.29, 0.717) is 5.56 Å². The molecule has 1 aromatic carbocycles. The molecule has 0 amide bonds. The first kappa shape index (κ1) is 12.1. The van der Waals surface area contributed by atoms with Gasteiger partial charge in [-0.2, -0.15) is 5.10 Å². The predicted molar refractivity (Wildman–Crippen MR) is 69.1 cm³/mol. The quantitative estimate of drug-likeness (QED) is 0.818. The zero-order valence-electron chi connectivity index (χ0n) is 9.74. The molecule has 0 saturated carbocycles. The second-order valence-electron chi connectivity index (χ2n) is 3.75. The smallest absolute Gasteiger partial charge is 0.338 e. The summed E-state index contributed by atoms with van der Waals surface area (Å²) in [5.41, 5.74) is 1.49. The lowest BCUT2D eigenvalue weighted by Crippen LogP contribution is -2.03. The number of hydrogen-bond donors (Lipinski definition) is 0. The van der Waals surface area contributed by atoms with Crippen LogP contribution in [-0.2, 0) is 11.3 Å². The molecule has 90 valence electrons. The van der Waals surface area contributed by atoms with Gasteiger partial charge in [0.25, 0.3) is 0 Å². The standard InChI is InChI=1S/C12H13BrN2O2/c1-3-4-15-11-6-8(13)5-9(12(16)17-2)10(11)7-14-15/h5-7H,3-4H2,1-2H3. The molecule has 2 aromatic rings. The molecular formula is C12H13BrN2O2. The molecule has 1 heterocycles. The van der Waals surface area contributed by atoms with E-state index in [9.17, 15) is 4.79 Å². The number of benzene rings is 1. The topological polar surface area (TPSA) is 44.1 Å². The fraction of sp³-hybridized carbons (Fsp3) is 0.333. The van der Waals surface area contributed by atoms with Gasteiger partial charge in [0.2, 0.25) is 0 Å². The van der Waals surface area contributed by atoms with Crippen LogP contribution in [0.25, 0.3) is 10.9 Å². The largest absolute Gasteiger partial charge is 0.465 e. The minimum Gasteiger partial charge on any atom is -0.465 e. The Hall–Kier alpha value is -1.36. The third kappa shape index (κ3) is 2.20. The summed E-state index contributed by atoms with van der Waals surface area (Å²) in [7, 11) is 1.38. The van der Waals surface area contributed by atoms with Gasteiger partial charge in [-0.25, -0.2) is 4.79 Å². The van der Waals surface area contributed by atoms with Crippen molar-refractivity contribution in [2.75, 3.05) is 7.11 Å². The van der Waals surface area contributed by atoms with Crippen molar-refractivity contribution in [2.45, 2.75) is 19.9 Å². The maximum Gasteiger partial charge on any atom is 0.338 e. The summed E-state index contributed by atoms with van der Waals surface area (Å²) < 4.78 is 7.52. The molecular weight excluding hydrogens is 284 g/mol. The molecule has 0 radical (unpaired) electrons. The van der Waals surface area contributed by atoms with Gasteiger partial charge in [-0.3, -0.25) is 4.68 Å². The molecule has 0 spiro atoms. The number of esters is 1. The number of methoxy groups -OCH3 is 1. The lowest BCUT2D eigenvalue weighted by molar-refractivity contribution is 0.0603. The first-order valence-corrected chi connectivity index (χ1v) is 6.20. The summed E-state index contributed by atoms with van der Waals surface area (Å²) in [5.74, 6) is -0.340. The molecule has 0 aliphatic heterocycles. The SMILES string of the molecule is CCCn1ncc2c(C(=O)OC)cc(Br)cc21. The van der Waals surface area contributed by atoms with E-state index in [-0.39, 0.29) is 5.97 Å². The summed E-state index contributed by atoms with van der Waals surface area (Å²) in [6, 6.07) is 3.72. The molecule has 0 atom stereocenters. The van der Waals surface area contributed by atoms with Gasteiger partial charge in [-0.05, 0) is 18.6 Å². The lowest BCUT2D eigenvalue weighted by atomic mass is 10.1. The molecule has 17 heavy (non-hydrogen) atoms. The lowest BCUT2D eigenvalue weighted by Gasteiger charge is -2.04. The third-order valence-corrected chi connectivity index (χ3v) is 3.03. The van der Waals surface area contributed by atoms with Crippen LogP contribution >= 0.6 is 15.9 Å². The monoisotopic (exact) mass is 296 g/mol. The highest BCUT2D eigenvalue weighted by Crippen LogP contribution is 2.25. The van der Waals surface area contributed by atoms with Gasteiger partial charge in [0.05, 0.1) is 24.4 Å². The fourth-order valence-corrected chi connectivity index (χ4v) is 2.26. The number of aryl methyl sites for hydroxylation is 1. The van der Waals surface area contributed by atoms with E-state index < -0.39 is 0 Å². The number of fused-ring (bicyclic) bond motifs is 1. The normalized spacial score (nSPS) is 10.8. The molecule has 0 aliphatic carbocycles. The minimum absolute atomic E-state index is 0.340. The average molecular weight is 297 g/mol. The Kier molecular flexibility index (Phi) is 3.47. The molecule has 4 nitrogen and oxygen atoms in total. The number of halogens is 1.